The first kappa shape index (κ1) is 17.6. The number of aryl methyl sites for hydroxylation is 1. The van der Waals surface area contributed by atoms with E-state index in [0.717, 1.165) is 50.7 Å². The van der Waals surface area contributed by atoms with Crippen molar-refractivity contribution >= 4 is 11.7 Å². The van der Waals surface area contributed by atoms with Crippen molar-refractivity contribution in [2.45, 2.75) is 25.4 Å². The van der Waals surface area contributed by atoms with E-state index >= 15 is 0 Å². The van der Waals surface area contributed by atoms with Crippen molar-refractivity contribution in [1.82, 2.24) is 20.2 Å². The molecule has 7 heteroatoms. The molecule has 1 aromatic heterocycles. The summed E-state index contributed by atoms with van der Waals surface area (Å²) >= 11 is 0. The van der Waals surface area contributed by atoms with Crippen LogP contribution in [0.2, 0.25) is 0 Å². The van der Waals surface area contributed by atoms with Gasteiger partial charge < -0.3 is 15.0 Å². The molecule has 146 valence electrons. The van der Waals surface area contributed by atoms with Crippen molar-refractivity contribution in [2.24, 2.45) is 0 Å². The minimum atomic E-state index is -0.0863. The molecule has 0 saturated carbocycles. The Hall–Kier alpha value is -2.51. The van der Waals surface area contributed by atoms with Gasteiger partial charge in [0.05, 0.1) is 25.3 Å². The highest BCUT2D eigenvalue weighted by atomic mass is 16.5. The largest absolute Gasteiger partial charge is 0.378 e. The maximum atomic E-state index is 12.3. The summed E-state index contributed by atoms with van der Waals surface area (Å²) in [5.41, 5.74) is 2.84. The predicted molar refractivity (Wildman–Crippen MR) is 106 cm³/mol. The van der Waals surface area contributed by atoms with Crippen molar-refractivity contribution in [2.75, 3.05) is 44.3 Å². The summed E-state index contributed by atoms with van der Waals surface area (Å²) in [6, 6.07) is 11.2. The molecule has 1 amide bonds. The fourth-order valence-corrected chi connectivity index (χ4v) is 4.64. The summed E-state index contributed by atoms with van der Waals surface area (Å²) in [4.78, 5) is 26.3. The lowest BCUT2D eigenvalue weighted by Gasteiger charge is -2.48. The summed E-state index contributed by atoms with van der Waals surface area (Å²) in [5.74, 6) is 1.49. The molecular formula is C21H25N5O2. The first-order valence-corrected chi connectivity index (χ1v) is 10.00. The fraction of sp³-hybridized carbons (Fsp3) is 0.476. The molecule has 4 heterocycles. The SMILES string of the molecule is Cc1nc2c(c(N3CCN4[C@@H](COC[C@@H]4c4ccccc4)C3)n1)CCNC2=O. The Labute approximate surface area is 164 Å². The Morgan fingerprint density at radius 2 is 2.00 bits per heavy atom. The third-order valence-corrected chi connectivity index (χ3v) is 5.97. The van der Waals surface area contributed by atoms with Crippen LogP contribution in [0.15, 0.2) is 30.3 Å². The molecule has 0 aliphatic carbocycles. The average Bonchev–Trinajstić information content (AvgIpc) is 2.74. The van der Waals surface area contributed by atoms with Gasteiger partial charge in [0.15, 0.2) is 0 Å². The second kappa shape index (κ2) is 7.14. The van der Waals surface area contributed by atoms with Crippen molar-refractivity contribution in [1.29, 1.82) is 0 Å². The van der Waals surface area contributed by atoms with E-state index in [0.29, 0.717) is 30.1 Å². The van der Waals surface area contributed by atoms with E-state index < -0.39 is 0 Å². The summed E-state index contributed by atoms with van der Waals surface area (Å²) < 4.78 is 5.98. The van der Waals surface area contributed by atoms with Crippen molar-refractivity contribution in [3.05, 3.63) is 53.0 Å². The zero-order valence-electron chi connectivity index (χ0n) is 16.1. The van der Waals surface area contributed by atoms with Gasteiger partial charge in [-0.3, -0.25) is 9.69 Å². The molecule has 1 N–H and O–H groups in total. The number of carbonyl (C=O) groups excluding carboxylic acids is 1. The number of benzene rings is 1. The van der Waals surface area contributed by atoms with Gasteiger partial charge >= 0.3 is 0 Å². The van der Waals surface area contributed by atoms with E-state index in [1.165, 1.54) is 5.56 Å². The normalized spacial score (nSPS) is 25.0. The van der Waals surface area contributed by atoms with Crippen molar-refractivity contribution in [3.8, 4) is 0 Å². The second-order valence-corrected chi connectivity index (χ2v) is 7.73. The molecular weight excluding hydrogens is 354 g/mol. The van der Waals surface area contributed by atoms with Gasteiger partial charge in [0.25, 0.3) is 5.91 Å². The standard InChI is InChI=1S/C21H25N5O2/c1-14-23-19-17(7-8-22-21(19)27)20(24-14)25-9-10-26-16(11-25)12-28-13-18(26)15-5-3-2-4-6-15/h2-6,16,18H,7-13H2,1H3,(H,22,27)/t16-,18-/m1/s1. The van der Waals surface area contributed by atoms with Gasteiger partial charge in [-0.15, -0.1) is 0 Å². The quantitative estimate of drug-likeness (QED) is 0.849. The Balaban J connectivity index is 1.42. The molecule has 2 aromatic rings. The maximum absolute atomic E-state index is 12.3. The maximum Gasteiger partial charge on any atom is 0.270 e. The Morgan fingerprint density at radius 3 is 2.86 bits per heavy atom. The van der Waals surface area contributed by atoms with E-state index in [-0.39, 0.29) is 5.91 Å². The number of hydrogen-bond donors (Lipinski definition) is 1. The van der Waals surface area contributed by atoms with Crippen LogP contribution in [-0.2, 0) is 11.2 Å². The molecule has 1 aromatic carbocycles. The number of nitrogens with zero attached hydrogens (tertiary/aromatic N) is 4. The van der Waals surface area contributed by atoms with Gasteiger partial charge in [0.1, 0.15) is 17.3 Å². The molecule has 28 heavy (non-hydrogen) atoms. The smallest absolute Gasteiger partial charge is 0.270 e. The molecule has 3 aliphatic rings. The minimum Gasteiger partial charge on any atom is -0.378 e. The number of carbonyl (C=O) groups is 1. The zero-order chi connectivity index (χ0) is 19.1. The van der Waals surface area contributed by atoms with Gasteiger partial charge in [-0.1, -0.05) is 30.3 Å². The van der Waals surface area contributed by atoms with E-state index in [1.807, 2.05) is 6.92 Å². The third-order valence-electron chi connectivity index (χ3n) is 5.97. The number of amides is 1. The average molecular weight is 379 g/mol. The highest BCUT2D eigenvalue weighted by molar-refractivity contribution is 5.96. The van der Waals surface area contributed by atoms with Crippen molar-refractivity contribution in [3.63, 3.8) is 0 Å². The molecule has 0 bridgehead atoms. The van der Waals surface area contributed by atoms with Crippen LogP contribution in [0.5, 0.6) is 0 Å². The first-order valence-electron chi connectivity index (χ1n) is 10.00. The Morgan fingerprint density at radius 1 is 1.14 bits per heavy atom. The number of hydrogen-bond acceptors (Lipinski definition) is 6. The lowest BCUT2D eigenvalue weighted by molar-refractivity contribution is -0.0548. The Kier molecular flexibility index (Phi) is 4.49. The molecule has 0 unspecified atom stereocenters. The van der Waals surface area contributed by atoms with Crippen LogP contribution in [0.4, 0.5) is 5.82 Å². The van der Waals surface area contributed by atoms with E-state index in [2.05, 4.69) is 50.4 Å². The number of anilines is 1. The van der Waals surface area contributed by atoms with Gasteiger partial charge in [0.2, 0.25) is 0 Å². The molecule has 2 atom stereocenters. The van der Waals surface area contributed by atoms with Crippen LogP contribution in [0.25, 0.3) is 0 Å². The molecule has 3 aliphatic heterocycles. The van der Waals surface area contributed by atoms with E-state index in [4.69, 9.17) is 9.72 Å². The summed E-state index contributed by atoms with van der Waals surface area (Å²) in [5, 5.41) is 2.89. The number of rotatable bonds is 2. The molecule has 7 nitrogen and oxygen atoms in total. The monoisotopic (exact) mass is 379 g/mol. The highest BCUT2D eigenvalue weighted by Crippen LogP contribution is 2.32. The molecule has 2 fully saturated rings. The van der Waals surface area contributed by atoms with Crippen LogP contribution in [0, 0.1) is 6.92 Å². The van der Waals surface area contributed by atoms with Crippen LogP contribution in [-0.4, -0.2) is 66.2 Å². The number of fused-ring (bicyclic) bond motifs is 2. The molecule has 5 rings (SSSR count). The minimum absolute atomic E-state index is 0.0863. The predicted octanol–water partition coefficient (Wildman–Crippen LogP) is 1.33. The van der Waals surface area contributed by atoms with Gasteiger partial charge in [-0.25, -0.2) is 9.97 Å². The highest BCUT2D eigenvalue weighted by Gasteiger charge is 2.38. The number of ether oxygens (including phenoxy) is 1. The first-order chi connectivity index (χ1) is 13.7. The topological polar surface area (TPSA) is 70.6 Å². The van der Waals surface area contributed by atoms with Crippen LogP contribution in [0.1, 0.15) is 33.5 Å². The lowest BCUT2D eigenvalue weighted by Crippen LogP contribution is -2.59. The summed E-state index contributed by atoms with van der Waals surface area (Å²) in [6.45, 7) is 6.68. The Bertz CT molecular complexity index is 888. The van der Waals surface area contributed by atoms with Crippen LogP contribution < -0.4 is 10.2 Å². The second-order valence-electron chi connectivity index (χ2n) is 7.73. The van der Waals surface area contributed by atoms with E-state index in [1.54, 1.807) is 0 Å². The van der Waals surface area contributed by atoms with E-state index in [9.17, 15) is 4.79 Å². The number of nitrogens with one attached hydrogen (secondary N) is 1. The van der Waals surface area contributed by atoms with Gasteiger partial charge in [-0.05, 0) is 18.9 Å². The van der Waals surface area contributed by atoms with Gasteiger partial charge in [-0.2, -0.15) is 0 Å². The van der Waals surface area contributed by atoms with Crippen LogP contribution in [0.3, 0.4) is 0 Å². The van der Waals surface area contributed by atoms with Crippen LogP contribution >= 0.6 is 0 Å². The summed E-state index contributed by atoms with van der Waals surface area (Å²) in [6.07, 6.45) is 0.782. The number of piperazine rings is 1. The number of morpholine rings is 1. The molecule has 2 saturated heterocycles. The third kappa shape index (κ3) is 3.04. The zero-order valence-corrected chi connectivity index (χ0v) is 16.1. The van der Waals surface area contributed by atoms with Crippen molar-refractivity contribution < 1.29 is 9.53 Å². The lowest BCUT2D eigenvalue weighted by atomic mass is 9.99. The molecule has 0 spiro atoms. The van der Waals surface area contributed by atoms with Gasteiger partial charge in [0, 0.05) is 31.7 Å². The summed E-state index contributed by atoms with van der Waals surface area (Å²) in [7, 11) is 0. The number of aromatic nitrogens is 2. The molecule has 0 radical (unpaired) electrons. The fourth-order valence-electron chi connectivity index (χ4n) is 4.64.